The Morgan fingerprint density at radius 1 is 0.615 bits per heavy atom. The minimum atomic E-state index is -0.233. The third-order valence-corrected chi connectivity index (χ3v) is 5.93. The molecule has 0 saturated carbocycles. The van der Waals surface area contributed by atoms with Crippen LogP contribution in [-0.2, 0) is 44.5 Å². The van der Waals surface area contributed by atoms with E-state index in [0.717, 1.165) is 21.9 Å². The Kier molecular flexibility index (Phi) is 20.1. The number of allylic oxidation sites excluding steroid dienone is 2. The van der Waals surface area contributed by atoms with E-state index in [1.165, 1.54) is 36.5 Å². The van der Waals surface area contributed by atoms with Gasteiger partial charge in [0.2, 0.25) is 0 Å². The van der Waals surface area contributed by atoms with Gasteiger partial charge in [0.25, 0.3) is 0 Å². The smallest absolute Gasteiger partial charge is 0.152 e. The number of carbonyl (C=O) groups is 2. The van der Waals surface area contributed by atoms with Crippen LogP contribution in [0, 0.1) is 0 Å². The molecule has 0 saturated heterocycles. The number of thiophene rings is 2. The second kappa shape index (κ2) is 21.8. The number of hydrogen-bond donors (Lipinski definition) is 0. The summed E-state index contributed by atoms with van der Waals surface area (Å²) in [6.07, 6.45) is 2.19. The number of hydrogen-bond acceptors (Lipinski definition) is 8. The second-order valence-corrected chi connectivity index (χ2v) is 9.48. The molecule has 4 rings (SSSR count). The molecule has 204 valence electrons. The van der Waals surface area contributed by atoms with Crippen LogP contribution in [0.2, 0.25) is 0 Å². The van der Waals surface area contributed by atoms with Crippen LogP contribution in [0.5, 0.6) is 0 Å². The van der Waals surface area contributed by atoms with E-state index >= 15 is 0 Å². The second-order valence-electron chi connectivity index (χ2n) is 7.42. The minimum Gasteiger partial charge on any atom is -0.872 e. The molecule has 9 heteroatoms. The molecule has 2 aromatic carbocycles. The van der Waals surface area contributed by atoms with Gasteiger partial charge >= 0.3 is 0 Å². The molecule has 0 N–H and O–H groups in total. The van der Waals surface area contributed by atoms with Gasteiger partial charge in [0.05, 0.1) is 0 Å². The summed E-state index contributed by atoms with van der Waals surface area (Å²) in [5, 5.41) is 46.2. The van der Waals surface area contributed by atoms with Crippen molar-refractivity contribution in [3.05, 3.63) is 129 Å². The first-order valence-electron chi connectivity index (χ1n) is 11.4. The average Bonchev–Trinajstić information content (AvgIpc) is 3.65. The first kappa shape index (κ1) is 35.9. The van der Waals surface area contributed by atoms with Crippen molar-refractivity contribution in [2.24, 2.45) is 0 Å². The van der Waals surface area contributed by atoms with Crippen molar-refractivity contribution < 1.29 is 51.7 Å². The Morgan fingerprint density at radius 3 is 1.15 bits per heavy atom. The van der Waals surface area contributed by atoms with Gasteiger partial charge in [0.1, 0.15) is 0 Å². The van der Waals surface area contributed by atoms with Crippen LogP contribution in [0.15, 0.2) is 108 Å². The first-order chi connectivity index (χ1) is 18.3. The minimum absolute atomic E-state index is 0. The van der Waals surface area contributed by atoms with E-state index in [4.69, 9.17) is 0 Å². The summed E-state index contributed by atoms with van der Waals surface area (Å²) in [6.45, 7) is 2.58. The van der Waals surface area contributed by atoms with Crippen LogP contribution in [0.3, 0.4) is 0 Å². The molecule has 0 bridgehead atoms. The number of carbonyl (C=O) groups excluding carboxylic acids is 2. The maximum absolute atomic E-state index is 11.2. The van der Waals surface area contributed by atoms with E-state index < -0.39 is 0 Å². The molecular weight excluding hydrogens is 568 g/mol. The topological polar surface area (TPSA) is 126 Å². The zero-order valence-corrected chi connectivity index (χ0v) is 24.8. The molecule has 4 aromatic rings. The van der Waals surface area contributed by atoms with Gasteiger partial charge in [-0.05, 0) is 69.8 Å². The average molecular weight is 597 g/mol. The number of benzene rings is 2. The first-order valence-corrected chi connectivity index (χ1v) is 13.1. The fourth-order valence-electron chi connectivity index (χ4n) is 2.53. The molecule has 2 heterocycles. The zero-order chi connectivity index (χ0) is 28.2. The Morgan fingerprint density at radius 2 is 0.949 bits per heavy atom. The van der Waals surface area contributed by atoms with E-state index in [9.17, 15) is 30.0 Å². The van der Waals surface area contributed by atoms with Gasteiger partial charge in [0, 0.05) is 21.7 Å². The monoisotopic (exact) mass is 596 g/mol. The summed E-state index contributed by atoms with van der Waals surface area (Å²) in [4.78, 5) is 22.9. The SMILES string of the molecule is CC(=O)/C=C(\[O-])c1ccccc1.CC(=O)/C=C(\[O-])c1ccccc1.[O-]Cc1cccs1.[O-]Cc1cccs1.[Ti]. The third kappa shape index (κ3) is 17.2. The van der Waals surface area contributed by atoms with Crippen molar-refractivity contribution in [3.63, 3.8) is 0 Å². The van der Waals surface area contributed by atoms with Crippen LogP contribution in [0.4, 0.5) is 0 Å². The quantitative estimate of drug-likeness (QED) is 0.191. The van der Waals surface area contributed by atoms with E-state index in [2.05, 4.69) is 0 Å². The van der Waals surface area contributed by atoms with E-state index in [1.807, 2.05) is 47.2 Å². The number of ketones is 2. The molecule has 2 aromatic heterocycles. The molecule has 6 nitrogen and oxygen atoms in total. The van der Waals surface area contributed by atoms with Crippen molar-refractivity contribution in [1.82, 2.24) is 0 Å². The molecular formula is C30H28O6S2Ti-4. The van der Waals surface area contributed by atoms with Gasteiger partial charge in [-0.15, -0.1) is 13.2 Å². The molecule has 0 radical (unpaired) electrons. The standard InChI is InChI=1S/2C10H10O2.2C5H5OS.Ti/c2*1-8(11)7-10(12)9-5-3-2-4-6-9;2*6-4-5-2-1-3-7-5;/h2*2-7,12H,1H3;2*1-3H,4H2;/q;;2*-1;/p-2/b2*10-7-;;;. The molecule has 0 unspecified atom stereocenters. The van der Waals surface area contributed by atoms with Crippen LogP contribution >= 0.6 is 22.7 Å². The fraction of sp³-hybridized carbons (Fsp3) is 0.133. The van der Waals surface area contributed by atoms with Crippen molar-refractivity contribution in [2.75, 3.05) is 0 Å². The van der Waals surface area contributed by atoms with Crippen LogP contribution < -0.4 is 20.4 Å². The van der Waals surface area contributed by atoms with Gasteiger partial charge in [-0.2, -0.15) is 22.7 Å². The van der Waals surface area contributed by atoms with Crippen LogP contribution in [0.25, 0.3) is 11.5 Å². The van der Waals surface area contributed by atoms with Crippen molar-refractivity contribution in [3.8, 4) is 0 Å². The summed E-state index contributed by atoms with van der Waals surface area (Å²) in [5.41, 5.74) is 1.10. The molecule has 0 fully saturated rings. The van der Waals surface area contributed by atoms with E-state index in [1.54, 1.807) is 48.5 Å². The summed E-state index contributed by atoms with van der Waals surface area (Å²) in [6, 6.07) is 24.9. The molecule has 0 amide bonds. The molecule has 0 aliphatic heterocycles. The normalized spacial score (nSPS) is 10.3. The fourth-order valence-corrected chi connectivity index (χ4v) is 3.64. The Labute approximate surface area is 252 Å². The van der Waals surface area contributed by atoms with E-state index in [-0.39, 0.29) is 58.0 Å². The van der Waals surface area contributed by atoms with Gasteiger partial charge in [-0.3, -0.25) is 9.59 Å². The van der Waals surface area contributed by atoms with Crippen molar-refractivity contribution >= 4 is 45.8 Å². The molecule has 0 spiro atoms. The maximum Gasteiger partial charge on any atom is 0.152 e. The third-order valence-electron chi connectivity index (χ3n) is 4.23. The molecule has 0 aliphatic rings. The molecule has 0 atom stereocenters. The Bertz CT molecular complexity index is 1140. The summed E-state index contributed by atoms with van der Waals surface area (Å²) < 4.78 is 0. The van der Waals surface area contributed by atoms with Gasteiger partial charge in [0.15, 0.2) is 11.6 Å². The van der Waals surface area contributed by atoms with E-state index in [0.29, 0.717) is 11.1 Å². The Balaban J connectivity index is 0.000000504. The largest absolute Gasteiger partial charge is 0.872 e. The summed E-state index contributed by atoms with van der Waals surface area (Å²) >= 11 is 3.02. The van der Waals surface area contributed by atoms with Gasteiger partial charge < -0.3 is 20.4 Å². The molecule has 39 heavy (non-hydrogen) atoms. The number of rotatable bonds is 6. The maximum atomic E-state index is 11.2. The summed E-state index contributed by atoms with van der Waals surface area (Å²) in [5.74, 6) is -0.904. The molecule has 0 aliphatic carbocycles. The summed E-state index contributed by atoms with van der Waals surface area (Å²) in [7, 11) is 0. The zero-order valence-electron chi connectivity index (χ0n) is 21.6. The van der Waals surface area contributed by atoms with Crippen molar-refractivity contribution in [2.45, 2.75) is 27.1 Å². The predicted molar refractivity (Wildman–Crippen MR) is 146 cm³/mol. The van der Waals surface area contributed by atoms with Gasteiger partial charge in [-0.1, -0.05) is 84.3 Å². The van der Waals surface area contributed by atoms with Crippen molar-refractivity contribution in [1.29, 1.82) is 0 Å². The van der Waals surface area contributed by atoms with Crippen LogP contribution in [0.1, 0.15) is 34.7 Å². The Hall–Kier alpha value is -3.11. The van der Waals surface area contributed by atoms with Crippen LogP contribution in [-0.4, -0.2) is 11.6 Å². The van der Waals surface area contributed by atoms with Gasteiger partial charge in [-0.25, -0.2) is 0 Å². The predicted octanol–water partition coefficient (Wildman–Crippen LogP) is 3.17.